The molecule has 7 rings (SSSR count). The van der Waals surface area contributed by atoms with Crippen molar-refractivity contribution in [3.63, 3.8) is 0 Å². The maximum absolute atomic E-state index is 10.3. The van der Waals surface area contributed by atoms with Crippen LogP contribution in [0.15, 0.2) is 89.9 Å². The van der Waals surface area contributed by atoms with Crippen molar-refractivity contribution >= 4 is 40.4 Å². The molecule has 10 nitrogen and oxygen atoms in total. The smallest absolute Gasteiger partial charge is 0.150 e. The first-order valence-electron chi connectivity index (χ1n) is 19.9. The van der Waals surface area contributed by atoms with E-state index in [1.807, 2.05) is 30.3 Å². The number of aliphatic imine (C=N–C) groups is 1. The summed E-state index contributed by atoms with van der Waals surface area (Å²) in [6.45, 7) is 14.6. The molecule has 3 heterocycles. The number of nitrogen functional groups attached to an aromatic ring is 2. The number of carbonyl (C=O) groups excluding carboxylic acids is 1. The molecule has 10 heteroatoms. The van der Waals surface area contributed by atoms with Gasteiger partial charge in [-0.3, -0.25) is 9.79 Å². The van der Waals surface area contributed by atoms with Gasteiger partial charge in [-0.15, -0.1) is 0 Å². The van der Waals surface area contributed by atoms with Gasteiger partial charge in [0.05, 0.1) is 36.0 Å². The maximum atomic E-state index is 10.3. The van der Waals surface area contributed by atoms with E-state index in [0.717, 1.165) is 127 Å². The summed E-state index contributed by atoms with van der Waals surface area (Å²) < 4.78 is 11.2. The molecule has 0 amide bonds. The lowest BCUT2D eigenvalue weighted by molar-refractivity contribution is 0.112. The van der Waals surface area contributed by atoms with Crippen LogP contribution in [0.4, 0.5) is 28.4 Å². The summed E-state index contributed by atoms with van der Waals surface area (Å²) in [4.78, 5) is 24.8. The first-order chi connectivity index (χ1) is 26.8. The Morgan fingerprint density at radius 1 is 0.636 bits per heavy atom. The second-order valence-corrected chi connectivity index (χ2v) is 14.6. The summed E-state index contributed by atoms with van der Waals surface area (Å²) in [5.74, 6) is 1.78. The summed E-state index contributed by atoms with van der Waals surface area (Å²) in [5, 5.41) is 0. The molecule has 0 saturated carbocycles. The minimum absolute atomic E-state index is 0.660. The van der Waals surface area contributed by atoms with Gasteiger partial charge < -0.3 is 40.5 Å². The molecule has 2 saturated heterocycles. The van der Waals surface area contributed by atoms with Gasteiger partial charge in [0.15, 0.2) is 0 Å². The molecule has 0 bridgehead atoms. The largest absolute Gasteiger partial charge is 0.494 e. The number of rotatable bonds is 12. The second-order valence-electron chi connectivity index (χ2n) is 14.6. The number of nitrogens with two attached hydrogens (primary N) is 2. The van der Waals surface area contributed by atoms with E-state index in [0.29, 0.717) is 16.9 Å². The van der Waals surface area contributed by atoms with Gasteiger partial charge in [0.25, 0.3) is 0 Å². The Labute approximate surface area is 328 Å². The predicted molar refractivity (Wildman–Crippen MR) is 230 cm³/mol. The number of fused-ring (bicyclic) bond motifs is 1. The Morgan fingerprint density at radius 2 is 1.15 bits per heavy atom. The molecule has 55 heavy (non-hydrogen) atoms. The quantitative estimate of drug-likeness (QED) is 0.0861. The fourth-order valence-corrected chi connectivity index (χ4v) is 6.49. The van der Waals surface area contributed by atoms with Crippen molar-refractivity contribution < 1.29 is 14.3 Å². The lowest BCUT2D eigenvalue weighted by Crippen LogP contribution is -2.44. The highest BCUT2D eigenvalue weighted by Crippen LogP contribution is 2.33. The molecule has 294 valence electrons. The molecule has 0 atom stereocenters. The van der Waals surface area contributed by atoms with Gasteiger partial charge in [-0.05, 0) is 123 Å². The van der Waals surface area contributed by atoms with Crippen molar-refractivity contribution in [3.05, 3.63) is 102 Å². The van der Waals surface area contributed by atoms with Gasteiger partial charge in [-0.25, -0.2) is 0 Å². The van der Waals surface area contributed by atoms with Crippen LogP contribution in [-0.2, 0) is 6.42 Å². The van der Waals surface area contributed by atoms with Crippen LogP contribution in [0.2, 0.25) is 0 Å². The number of hydrogen-bond acceptors (Lipinski definition) is 10. The first-order valence-corrected chi connectivity index (χ1v) is 19.9. The molecule has 4 N–H and O–H groups in total. The maximum Gasteiger partial charge on any atom is 0.150 e. The van der Waals surface area contributed by atoms with Crippen LogP contribution in [0.1, 0.15) is 61.0 Å². The number of aldehydes is 1. The van der Waals surface area contributed by atoms with E-state index in [-0.39, 0.29) is 0 Å². The van der Waals surface area contributed by atoms with Crippen molar-refractivity contribution in [1.82, 2.24) is 9.80 Å². The molecule has 0 spiro atoms. The summed E-state index contributed by atoms with van der Waals surface area (Å²) in [7, 11) is 4.34. The molecule has 0 aliphatic carbocycles. The third kappa shape index (κ3) is 12.5. The Bertz CT molecular complexity index is 1800. The summed E-state index contributed by atoms with van der Waals surface area (Å²) >= 11 is 0. The fourth-order valence-electron chi connectivity index (χ4n) is 6.49. The second kappa shape index (κ2) is 21.1. The van der Waals surface area contributed by atoms with Crippen molar-refractivity contribution in [3.8, 4) is 11.5 Å². The average molecular weight is 748 g/mol. The summed E-state index contributed by atoms with van der Waals surface area (Å²) in [5.41, 5.74) is 20.8. The van der Waals surface area contributed by atoms with Crippen molar-refractivity contribution in [2.24, 2.45) is 4.99 Å². The monoisotopic (exact) mass is 747 g/mol. The zero-order valence-corrected chi connectivity index (χ0v) is 33.4. The van der Waals surface area contributed by atoms with Crippen LogP contribution in [0, 0.1) is 0 Å². The molecule has 2 fully saturated rings. The van der Waals surface area contributed by atoms with E-state index in [2.05, 4.69) is 90.0 Å². The van der Waals surface area contributed by atoms with Crippen LogP contribution in [0.5, 0.6) is 11.5 Å². The number of benzene rings is 4. The Hall–Kier alpha value is -5.06. The lowest BCUT2D eigenvalue weighted by Gasteiger charge is -2.34. The van der Waals surface area contributed by atoms with Crippen LogP contribution in [0.25, 0.3) is 0 Å². The van der Waals surface area contributed by atoms with E-state index in [4.69, 9.17) is 25.9 Å². The number of nitrogens with zero attached hydrogens (tertiary/aromatic N) is 5. The van der Waals surface area contributed by atoms with Gasteiger partial charge in [-0.1, -0.05) is 26.7 Å². The van der Waals surface area contributed by atoms with Gasteiger partial charge in [0.1, 0.15) is 17.8 Å². The van der Waals surface area contributed by atoms with Crippen LogP contribution < -0.4 is 30.7 Å². The van der Waals surface area contributed by atoms with Crippen LogP contribution in [0.3, 0.4) is 0 Å². The lowest BCUT2D eigenvalue weighted by atomic mass is 10.0. The fraction of sp³-hybridized carbons (Fsp3) is 0.422. The Morgan fingerprint density at radius 3 is 1.65 bits per heavy atom. The molecule has 3 aliphatic rings. The number of piperazine rings is 2. The van der Waals surface area contributed by atoms with Gasteiger partial charge >= 0.3 is 0 Å². The minimum atomic E-state index is 0.660. The number of carbonyl (C=O) groups is 1. The number of unbranched alkanes of at least 4 members (excludes halogenated alkanes) is 2. The minimum Gasteiger partial charge on any atom is -0.494 e. The Kier molecular flexibility index (Phi) is 15.8. The summed E-state index contributed by atoms with van der Waals surface area (Å²) in [6.07, 6.45) is 6.19. The highest BCUT2D eigenvalue weighted by Gasteiger charge is 2.20. The van der Waals surface area contributed by atoms with Crippen molar-refractivity contribution in [1.29, 1.82) is 0 Å². The zero-order chi connectivity index (χ0) is 39.0. The van der Waals surface area contributed by atoms with Crippen LogP contribution >= 0.6 is 0 Å². The number of ether oxygens (including phenoxy) is 2. The molecule has 0 unspecified atom stereocenters. The number of anilines is 4. The predicted octanol–water partition coefficient (Wildman–Crippen LogP) is 7.58. The zero-order valence-electron chi connectivity index (χ0n) is 33.4. The van der Waals surface area contributed by atoms with E-state index < -0.39 is 0 Å². The Balaban J connectivity index is 0.000000175. The van der Waals surface area contributed by atoms with E-state index in [9.17, 15) is 4.79 Å². The molecule has 0 aromatic heterocycles. The van der Waals surface area contributed by atoms with Gasteiger partial charge in [0.2, 0.25) is 0 Å². The average Bonchev–Trinajstić information content (AvgIpc) is 3.65. The molecule has 3 aliphatic heterocycles. The van der Waals surface area contributed by atoms with E-state index in [1.165, 1.54) is 22.5 Å². The highest BCUT2D eigenvalue weighted by atomic mass is 16.5. The molecular weight excluding hydrogens is 687 g/mol. The van der Waals surface area contributed by atoms with Gasteiger partial charge in [-0.2, -0.15) is 0 Å². The third-order valence-electron chi connectivity index (χ3n) is 10.2. The molecule has 4 aromatic rings. The topological polar surface area (TPSA) is 113 Å². The third-order valence-corrected chi connectivity index (χ3v) is 10.2. The SMILES string of the molecule is CCCCOc1ccc(C2=Nc3ccc(N4CCN(C)CC4)cc3C2)cc1.CCCCOc1ccc(C=O)cc1.CN1CCN(c2ccc(N)c(N)c2)CC1. The van der Waals surface area contributed by atoms with E-state index >= 15 is 0 Å². The van der Waals surface area contributed by atoms with Crippen LogP contribution in [-0.4, -0.2) is 101 Å². The van der Waals surface area contributed by atoms with Crippen molar-refractivity contribution in [2.75, 3.05) is 101 Å². The molecule has 4 aromatic carbocycles. The molecular formula is C45H61N7O3. The van der Waals surface area contributed by atoms with Crippen molar-refractivity contribution in [2.45, 2.75) is 46.0 Å². The highest BCUT2D eigenvalue weighted by molar-refractivity contribution is 6.06. The summed E-state index contributed by atoms with van der Waals surface area (Å²) in [6, 6.07) is 28.2. The normalized spacial score (nSPS) is 15.5. The molecule has 0 radical (unpaired) electrons. The first kappa shape index (κ1) is 41.1. The van der Waals surface area contributed by atoms with E-state index in [1.54, 1.807) is 12.1 Å². The number of likely N-dealkylation sites (N-methyl/N-ethyl adjacent to an activating group) is 2. The van der Waals surface area contributed by atoms with Gasteiger partial charge in [0, 0.05) is 75.7 Å². The number of hydrogen-bond donors (Lipinski definition) is 2. The standard InChI is InChI=1S/C23H29N3O.C11H18N4.C11H14O2/c1-3-4-15-27-21-8-5-18(6-9-21)23-17-19-16-20(7-10-22(19)24-23)26-13-11-25(2)12-14-26;1-14-4-6-15(7-5-14)9-2-3-10(12)11(13)8-9;1-2-3-8-13-11-6-4-10(9-12)5-7-11/h5-10,16H,3-4,11-15,17H2,1-2H3;2-3,8H,4-7,12-13H2,1H3;4-7,9H,2-3,8H2,1H3.